The van der Waals surface area contributed by atoms with E-state index in [9.17, 15) is 0 Å². The van der Waals surface area contributed by atoms with Crippen LogP contribution in [0.15, 0.2) is 16.5 Å². The third kappa shape index (κ3) is 3.04. The molecule has 0 bridgehead atoms. The van der Waals surface area contributed by atoms with Crippen molar-refractivity contribution >= 4 is 0 Å². The molecule has 2 aliphatic carbocycles. The van der Waals surface area contributed by atoms with Gasteiger partial charge in [0.1, 0.15) is 11.5 Å². The van der Waals surface area contributed by atoms with Crippen LogP contribution < -0.4 is 5.73 Å². The molecule has 3 rings (SSSR count). The van der Waals surface area contributed by atoms with Gasteiger partial charge in [-0.2, -0.15) is 0 Å². The summed E-state index contributed by atoms with van der Waals surface area (Å²) in [6.07, 6.45) is 6.63. The molecule has 3 heteroatoms. The Balaban J connectivity index is 1.72. The molecule has 0 aliphatic heterocycles. The maximum atomic E-state index is 6.16. The highest BCUT2D eigenvalue weighted by Gasteiger charge is 2.37. The van der Waals surface area contributed by atoms with Gasteiger partial charge in [0.15, 0.2) is 0 Å². The zero-order valence-corrected chi connectivity index (χ0v) is 13.7. The number of likely N-dealkylation sites (N-methyl/N-ethyl adjacent to an activating group) is 1. The minimum Gasteiger partial charge on any atom is -0.464 e. The lowest BCUT2D eigenvalue weighted by atomic mass is 9.84. The van der Waals surface area contributed by atoms with Gasteiger partial charge in [-0.1, -0.05) is 26.7 Å². The average molecular weight is 290 g/mol. The lowest BCUT2D eigenvalue weighted by Gasteiger charge is -2.39. The standard InChI is InChI=1S/C18H30N2O/c1-12-6-4-5-7-15(12)20(3)16(11-19)18-9-8-17(21-18)14-10-13(14)2/h8-9,12-16H,4-7,10-11,19H2,1-3H3. The largest absolute Gasteiger partial charge is 0.464 e. The molecule has 0 amide bonds. The molecule has 3 nitrogen and oxygen atoms in total. The molecule has 2 aliphatic rings. The molecule has 2 saturated carbocycles. The van der Waals surface area contributed by atoms with Gasteiger partial charge < -0.3 is 10.2 Å². The van der Waals surface area contributed by atoms with Crippen molar-refractivity contribution in [2.75, 3.05) is 13.6 Å². The second-order valence-corrected chi connectivity index (χ2v) is 7.31. The molecule has 21 heavy (non-hydrogen) atoms. The predicted octanol–water partition coefficient (Wildman–Crippen LogP) is 3.91. The van der Waals surface area contributed by atoms with Crippen molar-refractivity contribution in [2.24, 2.45) is 17.6 Å². The molecule has 1 aromatic rings. The first-order chi connectivity index (χ1) is 10.1. The lowest BCUT2D eigenvalue weighted by molar-refractivity contribution is 0.0884. The predicted molar refractivity (Wildman–Crippen MR) is 86.2 cm³/mol. The van der Waals surface area contributed by atoms with Crippen LogP contribution in [0.3, 0.4) is 0 Å². The first-order valence-electron chi connectivity index (χ1n) is 8.63. The van der Waals surface area contributed by atoms with Crippen LogP contribution in [0.1, 0.15) is 69.4 Å². The second-order valence-electron chi connectivity index (χ2n) is 7.31. The highest BCUT2D eigenvalue weighted by molar-refractivity contribution is 5.19. The van der Waals surface area contributed by atoms with Gasteiger partial charge >= 0.3 is 0 Å². The number of rotatable bonds is 5. The van der Waals surface area contributed by atoms with Crippen molar-refractivity contribution in [2.45, 2.75) is 64.0 Å². The number of nitrogens with zero attached hydrogens (tertiary/aromatic N) is 1. The van der Waals surface area contributed by atoms with E-state index in [2.05, 4.69) is 37.9 Å². The van der Waals surface area contributed by atoms with E-state index >= 15 is 0 Å². The Bertz CT molecular complexity index is 470. The van der Waals surface area contributed by atoms with E-state index < -0.39 is 0 Å². The van der Waals surface area contributed by atoms with Gasteiger partial charge in [-0.05, 0) is 50.3 Å². The summed E-state index contributed by atoms with van der Waals surface area (Å²) < 4.78 is 6.16. The second kappa shape index (κ2) is 6.13. The fourth-order valence-electron chi connectivity index (χ4n) is 4.08. The topological polar surface area (TPSA) is 42.4 Å². The molecule has 1 aromatic heterocycles. The fraction of sp³-hybridized carbons (Fsp3) is 0.778. The van der Waals surface area contributed by atoms with Crippen LogP contribution in [-0.2, 0) is 0 Å². The molecule has 2 fully saturated rings. The van der Waals surface area contributed by atoms with Crippen LogP contribution in [0, 0.1) is 11.8 Å². The third-order valence-corrected chi connectivity index (χ3v) is 5.76. The zero-order chi connectivity index (χ0) is 15.0. The summed E-state index contributed by atoms with van der Waals surface area (Å²) in [7, 11) is 2.23. The summed E-state index contributed by atoms with van der Waals surface area (Å²) in [4.78, 5) is 2.47. The van der Waals surface area contributed by atoms with E-state index in [0.29, 0.717) is 18.5 Å². The van der Waals surface area contributed by atoms with Crippen LogP contribution in [0.2, 0.25) is 0 Å². The zero-order valence-electron chi connectivity index (χ0n) is 13.7. The van der Waals surface area contributed by atoms with Gasteiger partial charge in [-0.3, -0.25) is 4.90 Å². The fourth-order valence-corrected chi connectivity index (χ4v) is 4.08. The highest BCUT2D eigenvalue weighted by Crippen LogP contribution is 2.48. The van der Waals surface area contributed by atoms with Crippen molar-refractivity contribution in [1.82, 2.24) is 4.90 Å². The minimum atomic E-state index is 0.221. The summed E-state index contributed by atoms with van der Waals surface area (Å²) >= 11 is 0. The van der Waals surface area contributed by atoms with Gasteiger partial charge in [0, 0.05) is 18.5 Å². The van der Waals surface area contributed by atoms with Crippen molar-refractivity contribution in [3.63, 3.8) is 0 Å². The molecular weight excluding hydrogens is 260 g/mol. The van der Waals surface area contributed by atoms with Gasteiger partial charge in [-0.15, -0.1) is 0 Å². The maximum absolute atomic E-state index is 6.16. The minimum absolute atomic E-state index is 0.221. The molecule has 5 atom stereocenters. The van der Waals surface area contributed by atoms with E-state index in [4.69, 9.17) is 10.2 Å². The van der Waals surface area contributed by atoms with E-state index in [0.717, 1.165) is 17.6 Å². The van der Waals surface area contributed by atoms with Crippen molar-refractivity contribution < 1.29 is 4.42 Å². The Kier molecular flexibility index (Phi) is 4.41. The highest BCUT2D eigenvalue weighted by atomic mass is 16.3. The normalized spacial score (nSPS) is 34.1. The Morgan fingerprint density at radius 1 is 1.24 bits per heavy atom. The number of furan rings is 1. The molecule has 118 valence electrons. The van der Waals surface area contributed by atoms with E-state index in [1.165, 1.54) is 37.9 Å². The monoisotopic (exact) mass is 290 g/mol. The Hall–Kier alpha value is -0.800. The molecule has 0 radical (unpaired) electrons. The van der Waals surface area contributed by atoms with Crippen LogP contribution in [-0.4, -0.2) is 24.5 Å². The molecule has 1 heterocycles. The van der Waals surface area contributed by atoms with Gasteiger partial charge in [0.05, 0.1) is 6.04 Å². The molecular formula is C18H30N2O. The van der Waals surface area contributed by atoms with Crippen molar-refractivity contribution in [3.8, 4) is 0 Å². The van der Waals surface area contributed by atoms with E-state index in [1.807, 2.05) is 0 Å². The van der Waals surface area contributed by atoms with Gasteiger partial charge in [-0.25, -0.2) is 0 Å². The van der Waals surface area contributed by atoms with Crippen LogP contribution in [0.25, 0.3) is 0 Å². The number of hydrogen-bond acceptors (Lipinski definition) is 3. The number of nitrogens with two attached hydrogens (primary N) is 1. The molecule has 0 spiro atoms. The van der Waals surface area contributed by atoms with Crippen molar-refractivity contribution in [3.05, 3.63) is 23.7 Å². The summed E-state index contributed by atoms with van der Waals surface area (Å²) in [5.41, 5.74) is 6.08. The van der Waals surface area contributed by atoms with E-state index in [-0.39, 0.29) is 6.04 Å². The van der Waals surface area contributed by atoms with E-state index in [1.54, 1.807) is 0 Å². The molecule has 2 N–H and O–H groups in total. The van der Waals surface area contributed by atoms with Crippen LogP contribution in [0.4, 0.5) is 0 Å². The van der Waals surface area contributed by atoms with Crippen LogP contribution in [0.5, 0.6) is 0 Å². The number of hydrogen-bond donors (Lipinski definition) is 1. The quantitative estimate of drug-likeness (QED) is 0.894. The Labute approximate surface area is 128 Å². The maximum Gasteiger partial charge on any atom is 0.122 e. The first kappa shape index (κ1) is 15.1. The Morgan fingerprint density at radius 2 is 1.95 bits per heavy atom. The SMILES string of the molecule is CC1CC1c1ccc(C(CN)N(C)C2CCCCC2C)o1. The molecule has 0 aromatic carbocycles. The summed E-state index contributed by atoms with van der Waals surface area (Å²) in [5.74, 6) is 4.43. The van der Waals surface area contributed by atoms with Crippen LogP contribution >= 0.6 is 0 Å². The summed E-state index contributed by atoms with van der Waals surface area (Å²) in [6.45, 7) is 5.31. The third-order valence-electron chi connectivity index (χ3n) is 5.76. The van der Waals surface area contributed by atoms with Crippen molar-refractivity contribution in [1.29, 1.82) is 0 Å². The first-order valence-corrected chi connectivity index (χ1v) is 8.63. The summed E-state index contributed by atoms with van der Waals surface area (Å²) in [5, 5.41) is 0. The van der Waals surface area contributed by atoms with Gasteiger partial charge in [0.2, 0.25) is 0 Å². The van der Waals surface area contributed by atoms with Gasteiger partial charge in [0.25, 0.3) is 0 Å². The molecule has 0 saturated heterocycles. The average Bonchev–Trinajstić information content (AvgIpc) is 3.01. The smallest absolute Gasteiger partial charge is 0.122 e. The molecule has 5 unspecified atom stereocenters. The Morgan fingerprint density at radius 3 is 2.57 bits per heavy atom. The summed E-state index contributed by atoms with van der Waals surface area (Å²) in [6, 6.07) is 5.19. The lowest BCUT2D eigenvalue weighted by Crippen LogP contribution is -2.43.